The van der Waals surface area contributed by atoms with Gasteiger partial charge in [0.15, 0.2) is 10.5 Å². The van der Waals surface area contributed by atoms with Crippen LogP contribution >= 0.6 is 11.8 Å². The lowest BCUT2D eigenvalue weighted by atomic mass is 9.98. The molecule has 42 heavy (non-hydrogen) atoms. The minimum absolute atomic E-state index is 0.254. The molecule has 0 spiro atoms. The summed E-state index contributed by atoms with van der Waals surface area (Å²) in [5.41, 5.74) is 3.91. The molecular weight excluding hydrogens is 562 g/mol. The maximum atomic E-state index is 13.4. The molecule has 0 radical (unpaired) electrons. The zero-order valence-electron chi connectivity index (χ0n) is 25.2. The molecule has 1 atom stereocenters. The van der Waals surface area contributed by atoms with Crippen LogP contribution in [-0.4, -0.2) is 58.9 Å². The SMILES string of the molecule is CC.CC.CN(C)C=O.COc1cnc(C(F)F)cc1-c1cc(C2CC2)ncc1C(=O)NC1NN=C(C#CC2CC2)S1. The molecule has 2 N–H and O–H groups in total. The number of carbonyl (C=O) groups is 2. The Hall–Kier alpha value is -3.72. The van der Waals surface area contributed by atoms with Crippen molar-refractivity contribution in [1.82, 2.24) is 25.6 Å². The molecule has 0 aromatic carbocycles. The van der Waals surface area contributed by atoms with E-state index in [1.54, 1.807) is 20.2 Å². The number of aromatic nitrogens is 2. The molecule has 2 saturated carbocycles. The topological polar surface area (TPSA) is 109 Å². The number of nitrogens with one attached hydrogen (secondary N) is 2. The van der Waals surface area contributed by atoms with Crippen molar-refractivity contribution in [2.75, 3.05) is 21.2 Å². The molecule has 0 bridgehead atoms. The number of pyridine rings is 2. The summed E-state index contributed by atoms with van der Waals surface area (Å²) in [5.74, 6) is 6.83. The first kappa shape index (κ1) is 34.5. The van der Waals surface area contributed by atoms with Crippen molar-refractivity contribution in [3.05, 3.63) is 41.5 Å². The van der Waals surface area contributed by atoms with Crippen molar-refractivity contribution < 1.29 is 23.1 Å². The Bertz CT molecular complexity index is 1290. The quantitative estimate of drug-likeness (QED) is 0.305. The van der Waals surface area contributed by atoms with Crippen molar-refractivity contribution in [2.45, 2.75) is 71.2 Å². The number of ether oxygens (including phenoxy) is 1. The highest BCUT2D eigenvalue weighted by Crippen LogP contribution is 2.42. The fourth-order valence-corrected chi connectivity index (χ4v) is 4.14. The van der Waals surface area contributed by atoms with Crippen molar-refractivity contribution in [2.24, 2.45) is 11.0 Å². The number of hydrazone groups is 1. The summed E-state index contributed by atoms with van der Waals surface area (Å²) in [6.45, 7) is 8.00. The van der Waals surface area contributed by atoms with Gasteiger partial charge in [0, 0.05) is 48.9 Å². The second-order valence-electron chi connectivity index (χ2n) is 9.17. The van der Waals surface area contributed by atoms with Gasteiger partial charge in [-0.3, -0.25) is 25.0 Å². The minimum Gasteiger partial charge on any atom is -0.494 e. The van der Waals surface area contributed by atoms with Crippen LogP contribution in [0.2, 0.25) is 0 Å². The van der Waals surface area contributed by atoms with Crippen molar-refractivity contribution >= 4 is 29.1 Å². The van der Waals surface area contributed by atoms with Crippen LogP contribution in [0.25, 0.3) is 11.1 Å². The van der Waals surface area contributed by atoms with Crippen molar-refractivity contribution in [1.29, 1.82) is 0 Å². The van der Waals surface area contributed by atoms with Gasteiger partial charge in [-0.2, -0.15) is 5.10 Å². The number of halogens is 2. The molecule has 2 aromatic rings. The number of thioether (sulfide) groups is 1. The third kappa shape index (κ3) is 10.3. The first-order chi connectivity index (χ1) is 20.3. The Morgan fingerprint density at radius 2 is 1.79 bits per heavy atom. The van der Waals surface area contributed by atoms with Crippen LogP contribution in [0, 0.1) is 17.8 Å². The van der Waals surface area contributed by atoms with Crippen LogP contribution < -0.4 is 15.5 Å². The summed E-state index contributed by atoms with van der Waals surface area (Å²) in [6.07, 6.45) is 5.02. The molecule has 2 aliphatic carbocycles. The largest absolute Gasteiger partial charge is 0.494 e. The third-order valence-electron chi connectivity index (χ3n) is 5.73. The Balaban J connectivity index is 0.000000612. The molecule has 2 amide bonds. The molecule has 2 fully saturated rings. The van der Waals surface area contributed by atoms with Crippen molar-refractivity contribution in [3.63, 3.8) is 0 Å². The van der Waals surface area contributed by atoms with Gasteiger partial charge in [0.1, 0.15) is 11.4 Å². The molecule has 1 unspecified atom stereocenters. The Kier molecular flexibility index (Phi) is 14.2. The number of hydrogen-bond acceptors (Lipinski definition) is 8. The zero-order chi connectivity index (χ0) is 31.2. The van der Waals surface area contributed by atoms with Crippen LogP contribution in [0.4, 0.5) is 8.78 Å². The highest BCUT2D eigenvalue weighted by Gasteiger charge is 2.29. The standard InChI is InChI=1S/C23H21F2N5O2S.C3H7NO.2C2H6/c1-32-19-11-27-18(21(24)25)9-15(19)14-8-17(13-5-6-13)26-10-16(14)22(31)28-23-30-29-20(33-23)7-4-12-2-3-12;1-4(2)3-5;2*1-2/h8-13,21,23,30H,2-3,5-6H2,1H3,(H,28,31);3H,1-2H3;2*1-2H3. The minimum atomic E-state index is -2.75. The fourth-order valence-electron chi connectivity index (χ4n) is 3.42. The zero-order valence-corrected chi connectivity index (χ0v) is 26.0. The van der Waals surface area contributed by atoms with Gasteiger partial charge >= 0.3 is 0 Å². The molecule has 0 saturated heterocycles. The molecular formula is C30H40F2N6O3S. The maximum Gasteiger partial charge on any atom is 0.280 e. The Morgan fingerprint density at radius 1 is 1.12 bits per heavy atom. The van der Waals surface area contributed by atoms with Gasteiger partial charge in [-0.25, -0.2) is 8.78 Å². The molecule has 3 heterocycles. The van der Waals surface area contributed by atoms with Gasteiger partial charge in [-0.1, -0.05) is 33.6 Å². The predicted octanol–water partition coefficient (Wildman–Crippen LogP) is 5.80. The molecule has 9 nitrogen and oxygen atoms in total. The molecule has 5 rings (SSSR count). The number of carbonyl (C=O) groups excluding carboxylic acids is 2. The van der Waals surface area contributed by atoms with Crippen molar-refractivity contribution in [3.8, 4) is 28.7 Å². The summed E-state index contributed by atoms with van der Waals surface area (Å²) < 4.78 is 32.1. The number of rotatable bonds is 7. The van der Waals surface area contributed by atoms with E-state index in [0.717, 1.165) is 37.8 Å². The monoisotopic (exact) mass is 602 g/mol. The molecule has 3 aliphatic rings. The summed E-state index contributed by atoms with van der Waals surface area (Å²) in [7, 11) is 4.81. The second kappa shape index (κ2) is 17.3. The van der Waals surface area contributed by atoms with Gasteiger partial charge in [-0.05, 0) is 55.5 Å². The molecule has 2 aromatic heterocycles. The van der Waals surface area contributed by atoms with E-state index in [9.17, 15) is 18.4 Å². The highest BCUT2D eigenvalue weighted by molar-refractivity contribution is 8.15. The average Bonchev–Trinajstić information content (AvgIpc) is 3.96. The van der Waals surface area contributed by atoms with Crippen LogP contribution in [-0.2, 0) is 4.79 Å². The van der Waals surface area contributed by atoms with E-state index in [1.165, 1.54) is 42.2 Å². The second-order valence-corrected chi connectivity index (χ2v) is 10.3. The number of amides is 2. The highest BCUT2D eigenvalue weighted by atomic mass is 32.2. The number of hydrogen-bond donors (Lipinski definition) is 2. The van der Waals surface area contributed by atoms with Crippen LogP contribution in [0.5, 0.6) is 5.75 Å². The van der Waals surface area contributed by atoms with E-state index < -0.39 is 17.8 Å². The van der Waals surface area contributed by atoms with E-state index in [4.69, 9.17) is 4.74 Å². The Morgan fingerprint density at radius 3 is 2.33 bits per heavy atom. The third-order valence-corrected chi connectivity index (χ3v) is 6.61. The van der Waals surface area contributed by atoms with E-state index in [1.807, 2.05) is 27.7 Å². The fraction of sp³-hybridized carbons (Fsp3) is 0.500. The van der Waals surface area contributed by atoms with Gasteiger partial charge in [0.05, 0.1) is 18.9 Å². The Labute approximate surface area is 251 Å². The lowest BCUT2D eigenvalue weighted by Crippen LogP contribution is -2.38. The summed E-state index contributed by atoms with van der Waals surface area (Å²) in [6, 6.07) is 3.06. The molecule has 228 valence electrons. The lowest BCUT2D eigenvalue weighted by molar-refractivity contribution is -0.115. The van der Waals surface area contributed by atoms with E-state index in [0.29, 0.717) is 33.8 Å². The normalized spacial score (nSPS) is 16.3. The van der Waals surface area contributed by atoms with Crippen LogP contribution in [0.15, 0.2) is 29.6 Å². The average molecular weight is 603 g/mol. The molecule has 12 heteroatoms. The van der Waals surface area contributed by atoms with Crippen LogP contribution in [0.1, 0.15) is 87.5 Å². The number of nitrogens with zero attached hydrogens (tertiary/aromatic N) is 4. The summed E-state index contributed by atoms with van der Waals surface area (Å²) >= 11 is 1.32. The maximum absolute atomic E-state index is 13.4. The van der Waals surface area contributed by atoms with E-state index >= 15 is 0 Å². The predicted molar refractivity (Wildman–Crippen MR) is 163 cm³/mol. The van der Waals surface area contributed by atoms with Gasteiger partial charge in [0.2, 0.25) is 6.41 Å². The first-order valence-corrected chi connectivity index (χ1v) is 14.9. The van der Waals surface area contributed by atoms with Gasteiger partial charge in [0.25, 0.3) is 12.3 Å². The van der Waals surface area contributed by atoms with E-state index in [2.05, 4.69) is 37.7 Å². The smallest absolute Gasteiger partial charge is 0.280 e. The lowest BCUT2D eigenvalue weighted by Gasteiger charge is -2.17. The number of alkyl halides is 2. The van der Waals surface area contributed by atoms with Gasteiger partial charge < -0.3 is 15.0 Å². The van der Waals surface area contributed by atoms with Crippen LogP contribution in [0.3, 0.4) is 0 Å². The van der Waals surface area contributed by atoms with Gasteiger partial charge in [-0.15, -0.1) is 0 Å². The van der Waals surface area contributed by atoms with E-state index in [-0.39, 0.29) is 11.3 Å². The summed E-state index contributed by atoms with van der Waals surface area (Å²) in [4.78, 5) is 32.3. The number of methoxy groups -OCH3 is 1. The summed E-state index contributed by atoms with van der Waals surface area (Å²) in [5, 5.41) is 7.64. The molecule has 1 aliphatic heterocycles. The first-order valence-electron chi connectivity index (χ1n) is 14.1.